The van der Waals surface area contributed by atoms with Crippen LogP contribution in [-0.2, 0) is 11.2 Å². The first-order chi connectivity index (χ1) is 15.9. The van der Waals surface area contributed by atoms with Gasteiger partial charge in [0, 0.05) is 0 Å². The second-order valence-corrected chi connectivity index (χ2v) is 12.0. The minimum absolute atomic E-state index is 0.0755. The summed E-state index contributed by atoms with van der Waals surface area (Å²) in [6.45, 7) is 9.03. The maximum atomic E-state index is 12.9. The molecule has 1 saturated carbocycles. The van der Waals surface area contributed by atoms with Crippen LogP contribution in [0.1, 0.15) is 38.7 Å². The summed E-state index contributed by atoms with van der Waals surface area (Å²) in [5, 5.41) is 0. The fourth-order valence-corrected chi connectivity index (χ4v) is 6.87. The van der Waals surface area contributed by atoms with Crippen molar-refractivity contribution in [2.45, 2.75) is 45.6 Å². The van der Waals surface area contributed by atoms with Crippen LogP contribution in [0, 0.1) is 23.2 Å². The first kappa shape index (κ1) is 23.9. The molecule has 0 spiro atoms. The van der Waals surface area contributed by atoms with Crippen molar-refractivity contribution in [3.05, 3.63) is 84.5 Å². The summed E-state index contributed by atoms with van der Waals surface area (Å²) in [5.41, 5.74) is 2.54. The number of methoxy groups -OCH3 is 1. The van der Waals surface area contributed by atoms with Crippen LogP contribution in [0.25, 0.3) is 0 Å². The summed E-state index contributed by atoms with van der Waals surface area (Å²) in [5.74, 6) is 1.88. The average molecular weight is 510 g/mol. The SMILES string of the molecule is C=C1CC/C=C\[C@H]2[C@H](CC(C)(C)[C@H]2OC(=O)[Se]c2ccccc2)[C@H]1Cc1ccc(OC)cc1. The quantitative estimate of drug-likeness (QED) is 0.356. The molecule has 2 aromatic carbocycles. The molecule has 0 N–H and O–H groups in total. The van der Waals surface area contributed by atoms with Crippen molar-refractivity contribution >= 4 is 24.3 Å². The van der Waals surface area contributed by atoms with Gasteiger partial charge in [-0.25, -0.2) is 0 Å². The summed E-state index contributed by atoms with van der Waals surface area (Å²) >= 11 is -0.327. The molecule has 4 atom stereocenters. The van der Waals surface area contributed by atoms with E-state index in [9.17, 15) is 4.79 Å². The molecule has 174 valence electrons. The van der Waals surface area contributed by atoms with E-state index in [-0.39, 0.29) is 37.3 Å². The normalized spacial score (nSPS) is 27.2. The van der Waals surface area contributed by atoms with Gasteiger partial charge in [0.25, 0.3) is 0 Å². The fourth-order valence-electron chi connectivity index (χ4n) is 5.53. The van der Waals surface area contributed by atoms with Crippen LogP contribution < -0.4 is 9.20 Å². The van der Waals surface area contributed by atoms with Gasteiger partial charge in [-0.1, -0.05) is 0 Å². The van der Waals surface area contributed by atoms with E-state index in [1.54, 1.807) is 7.11 Å². The number of benzene rings is 2. The van der Waals surface area contributed by atoms with Crippen molar-refractivity contribution in [2.24, 2.45) is 23.2 Å². The molecule has 2 aliphatic rings. The predicted molar refractivity (Wildman–Crippen MR) is 135 cm³/mol. The van der Waals surface area contributed by atoms with E-state index in [1.807, 2.05) is 42.5 Å². The molecule has 0 bridgehead atoms. The maximum absolute atomic E-state index is 12.9. The molecule has 4 heteroatoms. The number of fused-ring (bicyclic) bond motifs is 1. The zero-order valence-corrected chi connectivity index (χ0v) is 21.5. The van der Waals surface area contributed by atoms with Crippen LogP contribution in [0.4, 0.5) is 4.79 Å². The van der Waals surface area contributed by atoms with Crippen LogP contribution in [0.3, 0.4) is 0 Å². The Morgan fingerprint density at radius 3 is 2.55 bits per heavy atom. The first-order valence-corrected chi connectivity index (χ1v) is 13.5. The third kappa shape index (κ3) is 5.62. The number of hydrogen-bond acceptors (Lipinski definition) is 3. The van der Waals surface area contributed by atoms with Crippen LogP contribution in [-0.4, -0.2) is 33.0 Å². The summed E-state index contributed by atoms with van der Waals surface area (Å²) in [7, 11) is 1.70. The number of allylic oxidation sites excluding steroid dienone is 2. The molecular weight excluding hydrogens is 475 g/mol. The Balaban J connectivity index is 1.56. The standard InChI is InChI=1S/C29H34O3Se/c1-20-10-8-9-13-24-26(25(20)18-21-14-16-22(31-4)17-15-21)19-29(2,3)27(24)32-28(30)33-23-11-6-5-7-12-23/h5-7,9,11-17,24-27H,1,8,10,18-19H2,2-4H3/b13-9-/t24-,25-,26-,27-/m0/s1. The molecule has 0 saturated heterocycles. The second kappa shape index (κ2) is 10.3. The van der Waals surface area contributed by atoms with Gasteiger partial charge in [-0.3, -0.25) is 0 Å². The van der Waals surface area contributed by atoms with Gasteiger partial charge < -0.3 is 0 Å². The number of hydrogen-bond donors (Lipinski definition) is 0. The van der Waals surface area contributed by atoms with E-state index in [4.69, 9.17) is 9.47 Å². The molecular formula is C29H34O3Se. The molecule has 33 heavy (non-hydrogen) atoms. The van der Waals surface area contributed by atoms with Gasteiger partial charge in [0.05, 0.1) is 7.11 Å². The number of ether oxygens (including phenoxy) is 2. The molecule has 0 unspecified atom stereocenters. The molecule has 3 nitrogen and oxygen atoms in total. The van der Waals surface area contributed by atoms with Crippen molar-refractivity contribution < 1.29 is 14.3 Å². The third-order valence-electron chi connectivity index (χ3n) is 7.19. The van der Waals surface area contributed by atoms with Crippen molar-refractivity contribution in [1.82, 2.24) is 0 Å². The third-order valence-corrected chi connectivity index (χ3v) is 8.81. The van der Waals surface area contributed by atoms with E-state index in [2.05, 4.69) is 44.7 Å². The van der Waals surface area contributed by atoms with Gasteiger partial charge in [-0.05, 0) is 0 Å². The van der Waals surface area contributed by atoms with E-state index in [0.717, 1.165) is 35.9 Å². The first-order valence-electron chi connectivity index (χ1n) is 11.8. The van der Waals surface area contributed by atoms with Gasteiger partial charge in [-0.15, -0.1) is 0 Å². The number of carbonyl (C=O) groups is 1. The molecule has 0 amide bonds. The molecule has 1 fully saturated rings. The summed E-state index contributed by atoms with van der Waals surface area (Å²) in [4.78, 5) is 12.9. The summed E-state index contributed by atoms with van der Waals surface area (Å²) in [6, 6.07) is 18.3. The van der Waals surface area contributed by atoms with Crippen LogP contribution >= 0.6 is 0 Å². The Bertz CT molecular complexity index is 993. The molecule has 0 aliphatic heterocycles. The molecule has 2 aliphatic carbocycles. The predicted octanol–water partition coefficient (Wildman–Crippen LogP) is 5.96. The Hall–Kier alpha value is -2.29. The fraction of sp³-hybridized carbons (Fsp3) is 0.414. The van der Waals surface area contributed by atoms with Crippen LogP contribution in [0.2, 0.25) is 0 Å². The second-order valence-electron chi connectivity index (χ2n) is 9.92. The zero-order chi connectivity index (χ0) is 23.4. The summed E-state index contributed by atoms with van der Waals surface area (Å²) < 4.78 is 12.6. The average Bonchev–Trinajstić information content (AvgIpc) is 3.04. The van der Waals surface area contributed by atoms with Gasteiger partial charge in [0.2, 0.25) is 0 Å². The van der Waals surface area contributed by atoms with Crippen molar-refractivity contribution in [1.29, 1.82) is 0 Å². The topological polar surface area (TPSA) is 35.5 Å². The van der Waals surface area contributed by atoms with Crippen LogP contribution in [0.15, 0.2) is 78.9 Å². The molecule has 2 aromatic rings. The van der Waals surface area contributed by atoms with E-state index in [1.165, 1.54) is 11.1 Å². The van der Waals surface area contributed by atoms with E-state index < -0.39 is 0 Å². The molecule has 0 heterocycles. The van der Waals surface area contributed by atoms with E-state index in [0.29, 0.717) is 11.8 Å². The minimum atomic E-state index is -0.327. The Kier molecular flexibility index (Phi) is 7.46. The van der Waals surface area contributed by atoms with Gasteiger partial charge in [0.1, 0.15) is 0 Å². The van der Waals surface area contributed by atoms with Crippen LogP contribution in [0.5, 0.6) is 5.75 Å². The molecule has 0 radical (unpaired) electrons. The zero-order valence-electron chi connectivity index (χ0n) is 19.8. The van der Waals surface area contributed by atoms with E-state index >= 15 is 0 Å². The van der Waals surface area contributed by atoms with Crippen molar-refractivity contribution in [3.63, 3.8) is 0 Å². The molecule has 0 aromatic heterocycles. The Morgan fingerprint density at radius 2 is 1.85 bits per heavy atom. The Morgan fingerprint density at radius 1 is 1.12 bits per heavy atom. The number of carbonyl (C=O) groups excluding carboxylic acids is 1. The number of rotatable bonds is 6. The molecule has 4 rings (SSSR count). The van der Waals surface area contributed by atoms with Gasteiger partial charge in [-0.2, -0.15) is 0 Å². The van der Waals surface area contributed by atoms with Gasteiger partial charge in [0.15, 0.2) is 0 Å². The van der Waals surface area contributed by atoms with Crippen molar-refractivity contribution in [2.75, 3.05) is 7.11 Å². The summed E-state index contributed by atoms with van der Waals surface area (Å²) in [6.07, 6.45) is 8.50. The monoisotopic (exact) mass is 510 g/mol. The Labute approximate surface area is 204 Å². The van der Waals surface area contributed by atoms with Gasteiger partial charge >= 0.3 is 198 Å². The van der Waals surface area contributed by atoms with Crippen molar-refractivity contribution in [3.8, 4) is 5.75 Å².